The highest BCUT2D eigenvalue weighted by molar-refractivity contribution is 7.89. The second kappa shape index (κ2) is 9.14. The topological polar surface area (TPSA) is 75.7 Å². The van der Waals surface area contributed by atoms with Crippen LogP contribution in [-0.2, 0) is 23.0 Å². The summed E-state index contributed by atoms with van der Waals surface area (Å²) in [6.45, 7) is 4.54. The lowest BCUT2D eigenvalue weighted by Crippen LogP contribution is -2.35. The second-order valence-electron chi connectivity index (χ2n) is 7.79. The van der Waals surface area contributed by atoms with Crippen LogP contribution in [0.1, 0.15) is 35.3 Å². The van der Waals surface area contributed by atoms with Gasteiger partial charge in [0, 0.05) is 23.8 Å². The van der Waals surface area contributed by atoms with Crippen molar-refractivity contribution in [1.82, 2.24) is 4.72 Å². The van der Waals surface area contributed by atoms with Crippen LogP contribution in [0.15, 0.2) is 77.7 Å². The van der Waals surface area contributed by atoms with Crippen LogP contribution in [0.3, 0.4) is 0 Å². The molecule has 1 aliphatic rings. The lowest BCUT2D eigenvalue weighted by Gasteiger charge is -2.23. The van der Waals surface area contributed by atoms with E-state index >= 15 is 0 Å². The normalized spacial score (nSPS) is 15.4. The van der Waals surface area contributed by atoms with Gasteiger partial charge in [-0.1, -0.05) is 30.3 Å². The van der Waals surface area contributed by atoms with Crippen LogP contribution in [0.5, 0.6) is 5.75 Å². The summed E-state index contributed by atoms with van der Waals surface area (Å²) in [4.78, 5) is 15.1. The van der Waals surface area contributed by atoms with E-state index in [0.717, 1.165) is 23.2 Å². The molecule has 6 nitrogen and oxygen atoms in total. The highest BCUT2D eigenvalue weighted by Gasteiger charge is 2.31. The number of carbonyl (C=O) groups is 1. The zero-order chi connectivity index (χ0) is 22.7. The first-order chi connectivity index (χ1) is 15.4. The van der Waals surface area contributed by atoms with Crippen LogP contribution in [0.4, 0.5) is 5.69 Å². The maximum Gasteiger partial charge on any atom is 0.258 e. The number of hydrogen-bond acceptors (Lipinski definition) is 4. The highest BCUT2D eigenvalue weighted by atomic mass is 32.2. The van der Waals surface area contributed by atoms with Crippen LogP contribution in [0.2, 0.25) is 0 Å². The van der Waals surface area contributed by atoms with Gasteiger partial charge in [0.25, 0.3) is 5.91 Å². The van der Waals surface area contributed by atoms with Gasteiger partial charge in [-0.2, -0.15) is 0 Å². The number of nitrogens with one attached hydrogen (secondary N) is 1. The van der Waals surface area contributed by atoms with E-state index in [1.807, 2.05) is 62.4 Å². The molecule has 0 saturated carbocycles. The van der Waals surface area contributed by atoms with Crippen LogP contribution in [0.25, 0.3) is 0 Å². The number of sulfonamides is 1. The molecular weight excluding hydrogens is 424 g/mol. The van der Waals surface area contributed by atoms with E-state index in [9.17, 15) is 13.2 Å². The molecule has 0 unspecified atom stereocenters. The quantitative estimate of drug-likeness (QED) is 0.587. The number of hydrogen-bond donors (Lipinski definition) is 1. The maximum absolute atomic E-state index is 13.1. The average Bonchev–Trinajstić information content (AvgIpc) is 3.13. The number of ether oxygens (including phenoxy) is 1. The lowest BCUT2D eigenvalue weighted by atomic mass is 10.1. The molecule has 7 heteroatoms. The Morgan fingerprint density at radius 3 is 2.47 bits per heavy atom. The van der Waals surface area contributed by atoms with Gasteiger partial charge >= 0.3 is 0 Å². The Labute approximate surface area is 188 Å². The SMILES string of the molecule is CCOc1ccc(S(=O)(=O)NCc2ccc3c(c2)N(C(=O)c2ccccc2)[C@@H](C)C3)cc1. The number of amides is 1. The summed E-state index contributed by atoms with van der Waals surface area (Å²) in [7, 11) is -3.67. The second-order valence-corrected chi connectivity index (χ2v) is 9.55. The van der Waals surface area contributed by atoms with Crippen molar-refractivity contribution in [3.63, 3.8) is 0 Å². The van der Waals surface area contributed by atoms with Crippen molar-refractivity contribution in [3.8, 4) is 5.75 Å². The van der Waals surface area contributed by atoms with Crippen molar-refractivity contribution in [2.45, 2.75) is 37.8 Å². The number of rotatable bonds is 7. The van der Waals surface area contributed by atoms with Crippen molar-refractivity contribution in [1.29, 1.82) is 0 Å². The number of anilines is 1. The van der Waals surface area contributed by atoms with Gasteiger partial charge in [0.1, 0.15) is 5.75 Å². The first kappa shape index (κ1) is 22.0. The molecular formula is C25H26N2O4S. The minimum atomic E-state index is -3.67. The third-order valence-electron chi connectivity index (χ3n) is 5.52. The Morgan fingerprint density at radius 1 is 1.06 bits per heavy atom. The molecule has 0 bridgehead atoms. The predicted molar refractivity (Wildman–Crippen MR) is 124 cm³/mol. The Hall–Kier alpha value is -3.16. The average molecular weight is 451 g/mol. The fraction of sp³-hybridized carbons (Fsp3) is 0.240. The van der Waals surface area contributed by atoms with Gasteiger partial charge in [0.15, 0.2) is 0 Å². The molecule has 1 amide bonds. The van der Waals surface area contributed by atoms with Gasteiger partial charge in [0.05, 0.1) is 11.5 Å². The third kappa shape index (κ3) is 4.54. The summed E-state index contributed by atoms with van der Waals surface area (Å²) in [5.74, 6) is 0.575. The fourth-order valence-electron chi connectivity index (χ4n) is 3.94. The Kier molecular flexibility index (Phi) is 6.30. The zero-order valence-electron chi connectivity index (χ0n) is 18.1. The summed E-state index contributed by atoms with van der Waals surface area (Å²) in [6, 6.07) is 21.3. The van der Waals surface area contributed by atoms with Crippen molar-refractivity contribution >= 4 is 21.6 Å². The van der Waals surface area contributed by atoms with Crippen LogP contribution >= 0.6 is 0 Å². The Balaban J connectivity index is 1.52. The maximum atomic E-state index is 13.1. The molecule has 0 spiro atoms. The lowest BCUT2D eigenvalue weighted by molar-refractivity contribution is 0.0981. The zero-order valence-corrected chi connectivity index (χ0v) is 18.9. The van der Waals surface area contributed by atoms with E-state index in [-0.39, 0.29) is 23.4 Å². The van der Waals surface area contributed by atoms with E-state index in [4.69, 9.17) is 4.74 Å². The number of benzene rings is 3. The van der Waals surface area contributed by atoms with Crippen LogP contribution < -0.4 is 14.4 Å². The first-order valence-corrected chi connectivity index (χ1v) is 12.1. The molecule has 0 aliphatic carbocycles. The molecule has 1 aliphatic heterocycles. The smallest absolute Gasteiger partial charge is 0.258 e. The largest absolute Gasteiger partial charge is 0.494 e. The molecule has 3 aromatic rings. The van der Waals surface area contributed by atoms with Gasteiger partial charge in [-0.3, -0.25) is 4.79 Å². The molecule has 0 radical (unpaired) electrons. The molecule has 3 aromatic carbocycles. The number of fused-ring (bicyclic) bond motifs is 1. The van der Waals surface area contributed by atoms with E-state index < -0.39 is 10.0 Å². The monoisotopic (exact) mass is 450 g/mol. The molecule has 0 aromatic heterocycles. The predicted octanol–water partition coefficient (Wildman–Crippen LogP) is 4.16. The van der Waals surface area contributed by atoms with E-state index in [1.54, 1.807) is 17.0 Å². The van der Waals surface area contributed by atoms with Gasteiger partial charge < -0.3 is 9.64 Å². The van der Waals surface area contributed by atoms with Crippen LogP contribution in [-0.4, -0.2) is 27.0 Å². The standard InChI is InChI=1S/C25H26N2O4S/c1-3-31-22-11-13-23(14-12-22)32(29,30)26-17-19-9-10-21-15-18(2)27(24(21)16-19)25(28)20-7-5-4-6-8-20/h4-14,16,18,26H,3,15,17H2,1-2H3/t18-/m0/s1. The summed E-state index contributed by atoms with van der Waals surface area (Å²) in [5, 5.41) is 0. The third-order valence-corrected chi connectivity index (χ3v) is 6.93. The number of carbonyl (C=O) groups excluding carboxylic acids is 1. The van der Waals surface area contributed by atoms with Crippen molar-refractivity contribution < 1.29 is 17.9 Å². The Morgan fingerprint density at radius 2 is 1.78 bits per heavy atom. The molecule has 1 N–H and O–H groups in total. The summed E-state index contributed by atoms with van der Waals surface area (Å²) in [5.41, 5.74) is 3.34. The van der Waals surface area contributed by atoms with Crippen molar-refractivity contribution in [2.24, 2.45) is 0 Å². The first-order valence-electron chi connectivity index (χ1n) is 10.6. The summed E-state index contributed by atoms with van der Waals surface area (Å²) in [6.07, 6.45) is 0.770. The minimum absolute atomic E-state index is 0.0357. The summed E-state index contributed by atoms with van der Waals surface area (Å²) >= 11 is 0. The number of nitrogens with zero attached hydrogens (tertiary/aromatic N) is 1. The van der Waals surface area contributed by atoms with Gasteiger partial charge in [0.2, 0.25) is 10.0 Å². The van der Waals surface area contributed by atoms with Crippen molar-refractivity contribution in [3.05, 3.63) is 89.5 Å². The minimum Gasteiger partial charge on any atom is -0.494 e. The highest BCUT2D eigenvalue weighted by Crippen LogP contribution is 2.34. The molecule has 166 valence electrons. The summed E-state index contributed by atoms with van der Waals surface area (Å²) < 4.78 is 33.4. The molecule has 1 heterocycles. The van der Waals surface area contributed by atoms with E-state index in [0.29, 0.717) is 17.9 Å². The van der Waals surface area contributed by atoms with Gasteiger partial charge in [-0.15, -0.1) is 0 Å². The molecule has 32 heavy (non-hydrogen) atoms. The van der Waals surface area contributed by atoms with Crippen LogP contribution in [0, 0.1) is 0 Å². The molecule has 0 fully saturated rings. The van der Waals surface area contributed by atoms with Gasteiger partial charge in [-0.25, -0.2) is 13.1 Å². The van der Waals surface area contributed by atoms with Gasteiger partial charge in [-0.05, 0) is 73.9 Å². The van der Waals surface area contributed by atoms with Crippen molar-refractivity contribution in [2.75, 3.05) is 11.5 Å². The van der Waals surface area contributed by atoms with E-state index in [2.05, 4.69) is 4.72 Å². The molecule has 4 rings (SSSR count). The molecule has 1 atom stereocenters. The molecule has 0 saturated heterocycles. The van der Waals surface area contributed by atoms with E-state index in [1.165, 1.54) is 12.1 Å². The fourth-order valence-corrected chi connectivity index (χ4v) is 4.95. The Bertz CT molecular complexity index is 1210.